The standard InChI is InChI=1S/C20H20N2O8S2/c1-27-10-5-3-8(13(24)14(10)28-2)15-12-17(25)22-20(32-31-15,18(26)21-12)7-19-11(29-19)6-4-9(23)16(19)30-22/h3-6,9,11-12,15-16,23-24H,7H2,1-2H3,(H,21,26)/t9-,11+,12-,15+,16+,19+,20-/m1/s1. The van der Waals surface area contributed by atoms with Gasteiger partial charge in [-0.1, -0.05) is 39.8 Å². The average Bonchev–Trinajstić information content (AvgIpc) is 3.52. The van der Waals surface area contributed by atoms with Crippen LogP contribution < -0.4 is 14.8 Å². The summed E-state index contributed by atoms with van der Waals surface area (Å²) in [4.78, 5) is 31.5. The number of nitrogens with one attached hydrogen (secondary N) is 1. The highest BCUT2D eigenvalue weighted by atomic mass is 33.1. The minimum absolute atomic E-state index is 0.147. The lowest BCUT2D eigenvalue weighted by atomic mass is 9.81. The molecule has 32 heavy (non-hydrogen) atoms. The summed E-state index contributed by atoms with van der Waals surface area (Å²) in [5.41, 5.74) is -0.429. The quantitative estimate of drug-likeness (QED) is 0.322. The van der Waals surface area contributed by atoms with Crippen molar-refractivity contribution >= 4 is 33.4 Å². The SMILES string of the molecule is COc1ccc([C@@H]2SS[C@@]34C[C@]56O[C@H]5C=C[C@@H](O)[C@@H]6ON3C(=O)[C@@H]2NC4=O)c(O)c1OC. The predicted molar refractivity (Wildman–Crippen MR) is 113 cm³/mol. The highest BCUT2D eigenvalue weighted by Crippen LogP contribution is 2.64. The number of carbonyl (C=O) groups excluding carboxylic acids is 2. The average molecular weight is 481 g/mol. The van der Waals surface area contributed by atoms with Crippen molar-refractivity contribution in [3.63, 3.8) is 0 Å². The van der Waals surface area contributed by atoms with E-state index in [0.29, 0.717) is 11.3 Å². The Morgan fingerprint density at radius 1 is 1.25 bits per heavy atom. The molecule has 10 nitrogen and oxygen atoms in total. The van der Waals surface area contributed by atoms with Gasteiger partial charge in [0.25, 0.3) is 11.8 Å². The van der Waals surface area contributed by atoms with Crippen molar-refractivity contribution in [2.45, 2.75) is 46.5 Å². The zero-order valence-electron chi connectivity index (χ0n) is 17.0. The number of rotatable bonds is 3. The number of aromatic hydroxyl groups is 1. The summed E-state index contributed by atoms with van der Waals surface area (Å²) >= 11 is 0. The fraction of sp³-hybridized carbons (Fsp3) is 0.500. The molecule has 1 aromatic rings. The Morgan fingerprint density at radius 2 is 2.06 bits per heavy atom. The molecular weight excluding hydrogens is 460 g/mol. The number of amides is 2. The van der Waals surface area contributed by atoms with Crippen molar-refractivity contribution in [2.75, 3.05) is 14.2 Å². The molecule has 0 aromatic heterocycles. The number of hydrogen-bond donors (Lipinski definition) is 3. The number of aliphatic hydroxyl groups excluding tert-OH is 1. The third-order valence-corrected chi connectivity index (χ3v) is 10.0. The Kier molecular flexibility index (Phi) is 4.29. The fourth-order valence-electron chi connectivity index (χ4n) is 5.00. The number of phenolic OH excluding ortho intramolecular Hbond substituents is 1. The molecule has 2 amide bonds. The van der Waals surface area contributed by atoms with Gasteiger partial charge in [0.15, 0.2) is 11.5 Å². The molecule has 0 unspecified atom stereocenters. The van der Waals surface area contributed by atoms with Crippen LogP contribution in [0.3, 0.4) is 0 Å². The van der Waals surface area contributed by atoms with Crippen LogP contribution in [0.5, 0.6) is 17.2 Å². The number of hydroxylamine groups is 2. The van der Waals surface area contributed by atoms with E-state index in [1.54, 1.807) is 24.3 Å². The lowest BCUT2D eigenvalue weighted by Crippen LogP contribution is -2.74. The molecule has 2 spiro atoms. The fourth-order valence-corrected chi connectivity index (χ4v) is 8.51. The Hall–Kier alpha value is -2.12. The topological polar surface area (TPSA) is 130 Å². The van der Waals surface area contributed by atoms with E-state index in [0.717, 1.165) is 5.06 Å². The number of ether oxygens (including phenoxy) is 3. The van der Waals surface area contributed by atoms with E-state index in [9.17, 15) is 19.8 Å². The largest absolute Gasteiger partial charge is 0.504 e. The van der Waals surface area contributed by atoms with E-state index in [-0.39, 0.29) is 29.9 Å². The number of hydrogen-bond acceptors (Lipinski definition) is 10. The van der Waals surface area contributed by atoms with Gasteiger partial charge in [0.1, 0.15) is 30.0 Å². The smallest absolute Gasteiger partial charge is 0.272 e. The van der Waals surface area contributed by atoms with Crippen LogP contribution in [0.1, 0.15) is 17.2 Å². The van der Waals surface area contributed by atoms with Crippen molar-refractivity contribution < 1.29 is 38.9 Å². The van der Waals surface area contributed by atoms with Gasteiger partial charge in [0, 0.05) is 12.0 Å². The van der Waals surface area contributed by atoms with Crippen LogP contribution in [0.25, 0.3) is 0 Å². The number of fused-ring (bicyclic) bond motifs is 3. The predicted octanol–water partition coefficient (Wildman–Crippen LogP) is 0.641. The summed E-state index contributed by atoms with van der Waals surface area (Å²) in [5.74, 6) is -0.483. The van der Waals surface area contributed by atoms with Gasteiger partial charge in [-0.2, -0.15) is 5.06 Å². The summed E-state index contributed by atoms with van der Waals surface area (Å²) in [6.45, 7) is 0. The van der Waals surface area contributed by atoms with Crippen LogP contribution in [0.2, 0.25) is 0 Å². The third-order valence-electron chi connectivity index (χ3n) is 6.67. The second-order valence-corrected chi connectivity index (χ2v) is 10.9. The molecule has 5 fully saturated rings. The molecule has 1 aromatic carbocycles. The molecule has 0 radical (unpaired) electrons. The molecule has 0 saturated carbocycles. The van der Waals surface area contributed by atoms with Gasteiger partial charge < -0.3 is 29.7 Å². The minimum atomic E-state index is -1.35. The van der Waals surface area contributed by atoms with E-state index >= 15 is 0 Å². The number of epoxide rings is 1. The molecule has 7 atom stereocenters. The second kappa shape index (κ2) is 6.70. The maximum Gasteiger partial charge on any atom is 0.272 e. The molecule has 5 saturated heterocycles. The van der Waals surface area contributed by atoms with E-state index in [1.807, 2.05) is 0 Å². The highest BCUT2D eigenvalue weighted by molar-refractivity contribution is 8.77. The van der Waals surface area contributed by atoms with Crippen molar-refractivity contribution in [3.8, 4) is 17.2 Å². The minimum Gasteiger partial charge on any atom is -0.504 e. The lowest BCUT2D eigenvalue weighted by Gasteiger charge is -2.51. The van der Waals surface area contributed by atoms with Gasteiger partial charge in [0.05, 0.1) is 19.5 Å². The molecule has 6 aliphatic rings. The highest BCUT2D eigenvalue weighted by Gasteiger charge is 2.76. The lowest BCUT2D eigenvalue weighted by molar-refractivity contribution is -0.281. The number of phenols is 1. The first-order chi connectivity index (χ1) is 15.4. The molecule has 170 valence electrons. The third kappa shape index (κ3) is 2.44. The van der Waals surface area contributed by atoms with Crippen molar-refractivity contribution in [1.29, 1.82) is 0 Å². The Bertz CT molecular complexity index is 1070. The maximum absolute atomic E-state index is 13.5. The normalized spacial score (nSPS) is 41.2. The first kappa shape index (κ1) is 20.5. The number of carbonyl (C=O) groups is 2. The Morgan fingerprint density at radius 3 is 2.81 bits per heavy atom. The van der Waals surface area contributed by atoms with E-state index < -0.39 is 39.9 Å². The maximum atomic E-state index is 13.5. The van der Waals surface area contributed by atoms with Crippen LogP contribution in [0.15, 0.2) is 24.3 Å². The number of aliphatic hydroxyl groups is 1. The zero-order chi connectivity index (χ0) is 22.4. The van der Waals surface area contributed by atoms with Crippen LogP contribution in [-0.4, -0.2) is 76.1 Å². The molecule has 7 rings (SSSR count). The number of benzene rings is 1. The van der Waals surface area contributed by atoms with Gasteiger partial charge in [-0.3, -0.25) is 14.4 Å². The first-order valence-corrected chi connectivity index (χ1v) is 12.2. The van der Waals surface area contributed by atoms with Crippen molar-refractivity contribution in [2.24, 2.45) is 0 Å². The summed E-state index contributed by atoms with van der Waals surface area (Å²) in [6, 6.07) is 2.31. The second-order valence-electron chi connectivity index (χ2n) is 8.28. The first-order valence-electron chi connectivity index (χ1n) is 10.0. The zero-order valence-corrected chi connectivity index (χ0v) is 18.6. The van der Waals surface area contributed by atoms with E-state index in [2.05, 4.69) is 5.32 Å². The van der Waals surface area contributed by atoms with Crippen LogP contribution in [-0.2, 0) is 19.2 Å². The van der Waals surface area contributed by atoms with E-state index in [4.69, 9.17) is 19.0 Å². The number of nitrogens with zero attached hydrogens (tertiary/aromatic N) is 1. The van der Waals surface area contributed by atoms with Gasteiger partial charge in [-0.25, -0.2) is 0 Å². The summed E-state index contributed by atoms with van der Waals surface area (Å²) < 4.78 is 16.4. The van der Waals surface area contributed by atoms with Gasteiger partial charge in [-0.05, 0) is 6.07 Å². The van der Waals surface area contributed by atoms with E-state index in [1.165, 1.54) is 35.8 Å². The van der Waals surface area contributed by atoms with Crippen molar-refractivity contribution in [1.82, 2.24) is 10.4 Å². The Labute approximate surface area is 190 Å². The van der Waals surface area contributed by atoms with Gasteiger partial charge >= 0.3 is 0 Å². The van der Waals surface area contributed by atoms with Crippen LogP contribution >= 0.6 is 21.6 Å². The van der Waals surface area contributed by atoms with Crippen LogP contribution in [0, 0.1) is 0 Å². The molecule has 5 aliphatic heterocycles. The molecule has 3 N–H and O–H groups in total. The molecule has 1 aliphatic carbocycles. The van der Waals surface area contributed by atoms with Crippen molar-refractivity contribution in [3.05, 3.63) is 29.8 Å². The molecule has 12 heteroatoms. The molecule has 5 heterocycles. The molecular formula is C20H20N2O8S2. The number of piperazine rings is 1. The molecule has 2 bridgehead atoms. The monoisotopic (exact) mass is 480 g/mol. The van der Waals surface area contributed by atoms with Gasteiger partial charge in [0.2, 0.25) is 10.6 Å². The summed E-state index contributed by atoms with van der Waals surface area (Å²) in [5, 5.41) is 24.6. The summed E-state index contributed by atoms with van der Waals surface area (Å²) in [7, 11) is 5.38. The number of methoxy groups -OCH3 is 2. The van der Waals surface area contributed by atoms with Crippen LogP contribution in [0.4, 0.5) is 0 Å². The Balaban J connectivity index is 1.41. The van der Waals surface area contributed by atoms with Gasteiger partial charge in [-0.15, -0.1) is 0 Å². The summed E-state index contributed by atoms with van der Waals surface area (Å²) in [6.07, 6.45) is 1.54.